The lowest BCUT2D eigenvalue weighted by molar-refractivity contribution is 0.677. The van der Waals surface area contributed by atoms with Crippen molar-refractivity contribution in [1.82, 2.24) is 0 Å². The molecular weight excluding hydrogens is 278 g/mol. The highest BCUT2D eigenvalue weighted by Crippen LogP contribution is 2.34. The van der Waals surface area contributed by atoms with E-state index < -0.39 is 11.0 Å². The second kappa shape index (κ2) is 7.88. The number of benzene rings is 1. The topological polar surface area (TPSA) is 29.4 Å². The Hall–Kier alpha value is -0.960. The van der Waals surface area contributed by atoms with Crippen LogP contribution in [0.2, 0.25) is 0 Å². The molecule has 0 aromatic heterocycles. The minimum atomic E-state index is -1.30. The number of hydrogen-bond acceptors (Lipinski definition) is 1. The summed E-state index contributed by atoms with van der Waals surface area (Å²) in [6.07, 6.45) is 2.56. The first-order valence-electron chi connectivity index (χ1n) is 7.91. The first-order valence-corrected chi connectivity index (χ1v) is 9.02. The Morgan fingerprint density at radius 1 is 1.00 bits per heavy atom. The average Bonchev–Trinajstić information content (AvgIpc) is 2.42. The number of hydrogen-bond donors (Lipinski definition) is 0. The predicted octanol–water partition coefficient (Wildman–Crippen LogP) is 5.56. The van der Waals surface area contributed by atoms with Gasteiger partial charge in [-0.25, -0.2) is 4.21 Å². The minimum absolute atomic E-state index is 0.344. The second-order valence-corrected chi connectivity index (χ2v) is 7.56. The molecule has 0 amide bonds. The first kappa shape index (κ1) is 18.1. The van der Waals surface area contributed by atoms with Crippen molar-refractivity contribution in [2.45, 2.75) is 77.5 Å². The number of nitrogens with zero attached hydrogens (tertiary/aromatic N) is 1. The van der Waals surface area contributed by atoms with Gasteiger partial charge in [-0.3, -0.25) is 0 Å². The van der Waals surface area contributed by atoms with Gasteiger partial charge < -0.3 is 0 Å². The van der Waals surface area contributed by atoms with Crippen molar-refractivity contribution in [2.24, 2.45) is 4.40 Å². The van der Waals surface area contributed by atoms with E-state index in [4.69, 9.17) is 0 Å². The lowest BCUT2D eigenvalue weighted by Crippen LogP contribution is -2.07. The number of rotatable bonds is 6. The van der Waals surface area contributed by atoms with Gasteiger partial charge in [0.2, 0.25) is 0 Å². The van der Waals surface area contributed by atoms with Crippen molar-refractivity contribution in [2.75, 3.05) is 0 Å². The highest BCUT2D eigenvalue weighted by molar-refractivity contribution is 7.84. The third-order valence-electron chi connectivity index (χ3n) is 3.61. The van der Waals surface area contributed by atoms with Crippen molar-refractivity contribution >= 4 is 17.2 Å². The monoisotopic (exact) mass is 307 g/mol. The zero-order chi connectivity index (χ0) is 16.2. The molecule has 1 rings (SSSR count). The molecule has 2 nitrogen and oxygen atoms in total. The molecule has 0 spiro atoms. The van der Waals surface area contributed by atoms with Crippen LogP contribution < -0.4 is 0 Å². The van der Waals surface area contributed by atoms with Crippen LogP contribution in [-0.2, 0) is 11.0 Å². The fourth-order valence-corrected chi connectivity index (χ4v) is 3.67. The van der Waals surface area contributed by atoms with E-state index in [2.05, 4.69) is 58.1 Å². The van der Waals surface area contributed by atoms with Crippen LogP contribution in [0.5, 0.6) is 0 Å². The van der Waals surface area contributed by atoms with Gasteiger partial charge in [-0.05, 0) is 40.9 Å². The molecule has 3 heteroatoms. The summed E-state index contributed by atoms with van der Waals surface area (Å²) < 4.78 is 16.9. The Morgan fingerprint density at radius 2 is 1.48 bits per heavy atom. The fourth-order valence-electron chi connectivity index (χ4n) is 2.29. The highest BCUT2D eigenvalue weighted by atomic mass is 32.2. The molecule has 0 aliphatic carbocycles. The van der Waals surface area contributed by atoms with Crippen molar-refractivity contribution < 1.29 is 4.21 Å². The standard InChI is InChI=1S/C18H29NOS/c1-8-9-19-21(20)18-16(13(4)5)10-15(12(2)3)11-17(18)14(6)7/h9-14H,8H2,1-7H3/b19-9+/t21-/m0/s1. The molecule has 1 aromatic rings. The van der Waals surface area contributed by atoms with Gasteiger partial charge in [0, 0.05) is 6.21 Å². The van der Waals surface area contributed by atoms with Crippen LogP contribution >= 0.6 is 0 Å². The van der Waals surface area contributed by atoms with Crippen molar-refractivity contribution in [1.29, 1.82) is 0 Å². The van der Waals surface area contributed by atoms with E-state index in [1.165, 1.54) is 16.7 Å². The SMILES string of the molecule is CC/C=N/[S@@](=O)c1c(C(C)C)cc(C(C)C)cc1C(C)C. The lowest BCUT2D eigenvalue weighted by atomic mass is 9.89. The van der Waals surface area contributed by atoms with Gasteiger partial charge in [-0.2, -0.15) is 4.40 Å². The van der Waals surface area contributed by atoms with Gasteiger partial charge in [0.1, 0.15) is 0 Å². The predicted molar refractivity (Wildman–Crippen MR) is 93.9 cm³/mol. The maximum atomic E-state index is 12.6. The van der Waals surface area contributed by atoms with Crippen LogP contribution in [0.4, 0.5) is 0 Å². The maximum Gasteiger partial charge on any atom is 0.172 e. The summed E-state index contributed by atoms with van der Waals surface area (Å²) in [7, 11) is -1.30. The summed E-state index contributed by atoms with van der Waals surface area (Å²) >= 11 is 0. The molecular formula is C18H29NOS. The Kier molecular flexibility index (Phi) is 6.79. The van der Waals surface area contributed by atoms with Gasteiger partial charge in [-0.15, -0.1) is 0 Å². The normalized spacial score (nSPS) is 13.8. The molecule has 1 aromatic carbocycles. The van der Waals surface area contributed by atoms with Crippen molar-refractivity contribution in [3.05, 3.63) is 28.8 Å². The molecule has 0 heterocycles. The Balaban J connectivity index is 3.57. The van der Waals surface area contributed by atoms with E-state index in [0.717, 1.165) is 11.3 Å². The average molecular weight is 308 g/mol. The molecule has 0 fully saturated rings. The van der Waals surface area contributed by atoms with E-state index in [0.29, 0.717) is 17.8 Å². The molecule has 0 saturated heterocycles. The van der Waals surface area contributed by atoms with Crippen LogP contribution in [0, 0.1) is 0 Å². The van der Waals surface area contributed by atoms with Gasteiger partial charge in [0.25, 0.3) is 0 Å². The summed E-state index contributed by atoms with van der Waals surface area (Å²) in [5, 5.41) is 0. The van der Waals surface area contributed by atoms with Gasteiger partial charge in [0.05, 0.1) is 4.90 Å². The lowest BCUT2D eigenvalue weighted by Gasteiger charge is -2.21. The summed E-state index contributed by atoms with van der Waals surface area (Å²) in [5.41, 5.74) is 3.68. The Bertz CT molecular complexity index is 501. The van der Waals surface area contributed by atoms with Crippen molar-refractivity contribution in [3.8, 4) is 0 Å². The van der Waals surface area contributed by atoms with Crippen LogP contribution in [0.15, 0.2) is 21.4 Å². The molecule has 0 aliphatic heterocycles. The van der Waals surface area contributed by atoms with Crippen LogP contribution in [0.1, 0.15) is 89.3 Å². The zero-order valence-electron chi connectivity index (χ0n) is 14.4. The van der Waals surface area contributed by atoms with Gasteiger partial charge in [0.15, 0.2) is 11.0 Å². The third-order valence-corrected chi connectivity index (χ3v) is 4.77. The molecule has 1 atom stereocenters. The summed E-state index contributed by atoms with van der Waals surface area (Å²) in [6, 6.07) is 4.44. The molecule has 0 bridgehead atoms. The quantitative estimate of drug-likeness (QED) is 0.633. The van der Waals surface area contributed by atoms with E-state index in [-0.39, 0.29) is 0 Å². The second-order valence-electron chi connectivity index (χ2n) is 6.44. The minimum Gasteiger partial charge on any atom is -0.229 e. The summed E-state index contributed by atoms with van der Waals surface area (Å²) in [6.45, 7) is 15.1. The highest BCUT2D eigenvalue weighted by Gasteiger charge is 2.20. The smallest absolute Gasteiger partial charge is 0.172 e. The largest absolute Gasteiger partial charge is 0.229 e. The molecule has 0 unspecified atom stereocenters. The van der Waals surface area contributed by atoms with Crippen LogP contribution in [-0.4, -0.2) is 10.4 Å². The maximum absolute atomic E-state index is 12.6. The Labute approximate surface area is 132 Å². The molecule has 0 aliphatic rings. The Morgan fingerprint density at radius 3 is 1.81 bits per heavy atom. The van der Waals surface area contributed by atoms with E-state index >= 15 is 0 Å². The van der Waals surface area contributed by atoms with Crippen LogP contribution in [0.25, 0.3) is 0 Å². The van der Waals surface area contributed by atoms with Gasteiger partial charge >= 0.3 is 0 Å². The van der Waals surface area contributed by atoms with Crippen LogP contribution in [0.3, 0.4) is 0 Å². The zero-order valence-corrected chi connectivity index (χ0v) is 15.3. The van der Waals surface area contributed by atoms with E-state index in [1.54, 1.807) is 6.21 Å². The van der Waals surface area contributed by atoms with Gasteiger partial charge in [-0.1, -0.05) is 60.6 Å². The van der Waals surface area contributed by atoms with E-state index in [9.17, 15) is 4.21 Å². The third kappa shape index (κ3) is 4.50. The molecule has 0 saturated carbocycles. The van der Waals surface area contributed by atoms with Crippen molar-refractivity contribution in [3.63, 3.8) is 0 Å². The summed E-state index contributed by atoms with van der Waals surface area (Å²) in [5.74, 6) is 1.16. The molecule has 0 N–H and O–H groups in total. The molecule has 118 valence electrons. The fraction of sp³-hybridized carbons (Fsp3) is 0.611. The summed E-state index contributed by atoms with van der Waals surface area (Å²) in [4.78, 5) is 0.925. The molecule has 0 radical (unpaired) electrons. The first-order chi connectivity index (χ1) is 9.79. The molecule has 21 heavy (non-hydrogen) atoms. The van der Waals surface area contributed by atoms with E-state index in [1.807, 2.05) is 6.92 Å².